The lowest BCUT2D eigenvalue weighted by molar-refractivity contribution is -0.132. The predicted molar refractivity (Wildman–Crippen MR) is 56.9 cm³/mol. The molecule has 1 rings (SSSR count). The van der Waals surface area contributed by atoms with Gasteiger partial charge in [-0.2, -0.15) is 13.2 Å². The van der Waals surface area contributed by atoms with Crippen LogP contribution in [0.25, 0.3) is 0 Å². The lowest BCUT2D eigenvalue weighted by Gasteiger charge is -2.11. The molecule has 92 valence electrons. The molecule has 2 nitrogen and oxygen atoms in total. The highest BCUT2D eigenvalue weighted by molar-refractivity contribution is 6.31. The number of aliphatic carboxylic acids is 1. The first-order valence-corrected chi connectivity index (χ1v) is 4.92. The zero-order chi connectivity index (χ0) is 13.1. The van der Waals surface area contributed by atoms with E-state index in [1.54, 1.807) is 6.07 Å². The van der Waals surface area contributed by atoms with Crippen molar-refractivity contribution in [2.75, 3.05) is 0 Å². The molecule has 0 amide bonds. The van der Waals surface area contributed by atoms with Gasteiger partial charge < -0.3 is 5.11 Å². The van der Waals surface area contributed by atoms with Crippen LogP contribution in [0.3, 0.4) is 0 Å². The van der Waals surface area contributed by atoms with Gasteiger partial charge in [0.2, 0.25) is 0 Å². The lowest BCUT2D eigenvalue weighted by Crippen LogP contribution is -2.16. The van der Waals surface area contributed by atoms with E-state index in [2.05, 4.69) is 0 Å². The van der Waals surface area contributed by atoms with Gasteiger partial charge in [0.25, 0.3) is 0 Å². The van der Waals surface area contributed by atoms with Crippen molar-refractivity contribution in [3.63, 3.8) is 0 Å². The Labute approximate surface area is 100 Å². The van der Waals surface area contributed by atoms with Crippen LogP contribution in [0.2, 0.25) is 5.02 Å². The second-order valence-electron chi connectivity index (χ2n) is 3.27. The summed E-state index contributed by atoms with van der Waals surface area (Å²) in [6.07, 6.45) is -5.09. The summed E-state index contributed by atoms with van der Waals surface area (Å²) in [6, 6.07) is 5.99. The smallest absolute Gasteiger partial charge is 0.413 e. The van der Waals surface area contributed by atoms with Gasteiger partial charge >= 0.3 is 12.1 Å². The fraction of sp³-hybridized carbons (Fsp3) is 0.182. The Morgan fingerprint density at radius 1 is 1.35 bits per heavy atom. The molecule has 0 unspecified atom stereocenters. The van der Waals surface area contributed by atoms with E-state index in [1.165, 1.54) is 18.2 Å². The van der Waals surface area contributed by atoms with E-state index >= 15 is 0 Å². The van der Waals surface area contributed by atoms with Gasteiger partial charge in [0.05, 0.1) is 0 Å². The Hall–Kier alpha value is -1.49. The summed E-state index contributed by atoms with van der Waals surface area (Å²) in [5.41, 5.74) is -0.905. The van der Waals surface area contributed by atoms with Crippen molar-refractivity contribution in [3.05, 3.63) is 46.5 Å². The maximum atomic E-state index is 12.5. The molecule has 0 atom stereocenters. The summed E-state index contributed by atoms with van der Waals surface area (Å²) < 4.78 is 37.6. The fourth-order valence-electron chi connectivity index (χ4n) is 1.23. The SMILES string of the molecule is O=C(O)/C=C(\Cc1ccccc1Cl)C(F)(F)F. The van der Waals surface area contributed by atoms with Crippen molar-refractivity contribution >= 4 is 17.6 Å². The molecule has 0 aliphatic carbocycles. The minimum absolute atomic E-state index is 0.156. The number of benzene rings is 1. The Balaban J connectivity index is 3.04. The number of halogens is 4. The number of hydrogen-bond acceptors (Lipinski definition) is 1. The molecule has 1 aromatic carbocycles. The topological polar surface area (TPSA) is 37.3 Å². The molecule has 0 saturated heterocycles. The van der Waals surface area contributed by atoms with Gasteiger partial charge in [-0.3, -0.25) is 0 Å². The van der Waals surface area contributed by atoms with Crippen molar-refractivity contribution in [3.8, 4) is 0 Å². The first-order valence-electron chi connectivity index (χ1n) is 4.55. The van der Waals surface area contributed by atoms with Crippen molar-refractivity contribution in [2.45, 2.75) is 12.6 Å². The van der Waals surface area contributed by atoms with Gasteiger partial charge in [-0.25, -0.2) is 4.79 Å². The first kappa shape index (κ1) is 13.6. The third-order valence-electron chi connectivity index (χ3n) is 2.00. The lowest BCUT2D eigenvalue weighted by atomic mass is 10.0. The van der Waals surface area contributed by atoms with E-state index in [4.69, 9.17) is 16.7 Å². The number of carboxylic acid groups (broad SMARTS) is 1. The van der Waals surface area contributed by atoms with Gasteiger partial charge in [-0.1, -0.05) is 29.8 Å². The molecule has 0 bridgehead atoms. The van der Waals surface area contributed by atoms with Crippen molar-refractivity contribution in [2.24, 2.45) is 0 Å². The molecule has 0 saturated carbocycles. The standard InChI is InChI=1S/C11H8ClF3O2/c12-9-4-2-1-3-7(9)5-8(6-10(16)17)11(13,14)15/h1-4,6H,5H2,(H,16,17)/b8-6+. The Morgan fingerprint density at radius 2 is 1.94 bits per heavy atom. The zero-order valence-corrected chi connectivity index (χ0v) is 9.22. The Morgan fingerprint density at radius 3 is 2.41 bits per heavy atom. The van der Waals surface area contributed by atoms with E-state index in [9.17, 15) is 18.0 Å². The van der Waals surface area contributed by atoms with Crippen molar-refractivity contribution in [1.29, 1.82) is 0 Å². The molecular formula is C11H8ClF3O2. The van der Waals surface area contributed by atoms with Crippen LogP contribution < -0.4 is 0 Å². The van der Waals surface area contributed by atoms with Crippen molar-refractivity contribution in [1.82, 2.24) is 0 Å². The largest absolute Gasteiger partial charge is 0.478 e. The van der Waals surface area contributed by atoms with Crippen LogP contribution >= 0.6 is 11.6 Å². The highest BCUT2D eigenvalue weighted by atomic mass is 35.5. The van der Waals surface area contributed by atoms with Crippen molar-refractivity contribution < 1.29 is 23.1 Å². The fourth-order valence-corrected chi connectivity index (χ4v) is 1.43. The van der Waals surface area contributed by atoms with Crippen LogP contribution in [0.4, 0.5) is 13.2 Å². The van der Waals surface area contributed by atoms with Crippen LogP contribution in [-0.4, -0.2) is 17.3 Å². The summed E-state index contributed by atoms with van der Waals surface area (Å²) in [6.45, 7) is 0. The zero-order valence-electron chi connectivity index (χ0n) is 8.46. The van der Waals surface area contributed by atoms with Crippen LogP contribution in [0, 0.1) is 0 Å². The number of rotatable bonds is 3. The van der Waals surface area contributed by atoms with Crippen LogP contribution in [-0.2, 0) is 11.2 Å². The molecule has 0 radical (unpaired) electrons. The van der Waals surface area contributed by atoms with Gasteiger partial charge in [0, 0.05) is 23.1 Å². The summed E-state index contributed by atoms with van der Waals surface area (Å²) in [7, 11) is 0. The van der Waals surface area contributed by atoms with E-state index in [1.807, 2.05) is 0 Å². The molecule has 6 heteroatoms. The molecule has 0 aliphatic rings. The summed E-state index contributed by atoms with van der Waals surface area (Å²) >= 11 is 5.71. The minimum Gasteiger partial charge on any atom is -0.478 e. The average molecular weight is 265 g/mol. The first-order chi connectivity index (χ1) is 7.80. The van der Waals surface area contributed by atoms with E-state index < -0.39 is 24.1 Å². The Kier molecular flexibility index (Phi) is 4.17. The van der Waals surface area contributed by atoms with Gasteiger partial charge in [0.15, 0.2) is 0 Å². The average Bonchev–Trinajstić information content (AvgIpc) is 2.18. The molecule has 0 heterocycles. The molecule has 0 aliphatic heterocycles. The second kappa shape index (κ2) is 5.23. The number of alkyl halides is 3. The highest BCUT2D eigenvalue weighted by Crippen LogP contribution is 2.30. The maximum absolute atomic E-state index is 12.5. The Bertz CT molecular complexity index is 452. The normalized spacial score (nSPS) is 12.6. The minimum atomic E-state index is -4.68. The third kappa shape index (κ3) is 4.11. The maximum Gasteiger partial charge on any atom is 0.413 e. The highest BCUT2D eigenvalue weighted by Gasteiger charge is 2.34. The molecule has 1 aromatic rings. The van der Waals surface area contributed by atoms with Gasteiger partial charge in [0.1, 0.15) is 0 Å². The number of allylic oxidation sites excluding steroid dienone is 1. The number of carbonyl (C=O) groups is 1. The second-order valence-corrected chi connectivity index (χ2v) is 3.68. The molecule has 17 heavy (non-hydrogen) atoms. The van der Waals surface area contributed by atoms with Gasteiger partial charge in [-0.15, -0.1) is 0 Å². The molecule has 0 fully saturated rings. The summed E-state index contributed by atoms with van der Waals surface area (Å²) in [5, 5.41) is 8.56. The van der Waals surface area contributed by atoms with E-state index in [0.717, 1.165) is 0 Å². The third-order valence-corrected chi connectivity index (χ3v) is 2.37. The van der Waals surface area contributed by atoms with Crippen LogP contribution in [0.5, 0.6) is 0 Å². The number of hydrogen-bond donors (Lipinski definition) is 1. The van der Waals surface area contributed by atoms with Gasteiger partial charge in [-0.05, 0) is 11.6 Å². The summed E-state index contributed by atoms with van der Waals surface area (Å²) in [4.78, 5) is 10.3. The van der Waals surface area contributed by atoms with E-state index in [0.29, 0.717) is 0 Å². The van der Waals surface area contributed by atoms with Crippen LogP contribution in [0.1, 0.15) is 5.56 Å². The van der Waals surface area contributed by atoms with Crippen LogP contribution in [0.15, 0.2) is 35.9 Å². The predicted octanol–water partition coefficient (Wildman–Crippen LogP) is 3.46. The number of carboxylic acids is 1. The van der Waals surface area contributed by atoms with E-state index in [-0.39, 0.29) is 16.7 Å². The molecule has 0 spiro atoms. The molecular weight excluding hydrogens is 257 g/mol. The molecule has 0 aromatic heterocycles. The quantitative estimate of drug-likeness (QED) is 0.849. The summed E-state index contributed by atoms with van der Waals surface area (Å²) in [5.74, 6) is -1.63. The molecule has 1 N–H and O–H groups in total. The monoisotopic (exact) mass is 264 g/mol.